The number of hydrogen-bond donors (Lipinski definition) is 0. The first kappa shape index (κ1) is 18.7. The van der Waals surface area contributed by atoms with E-state index in [1.807, 2.05) is 59.5 Å². The number of nitrogens with zero attached hydrogens (tertiary/aromatic N) is 2. The van der Waals surface area contributed by atoms with Crippen LogP contribution in [-0.4, -0.2) is 16.8 Å². The van der Waals surface area contributed by atoms with Gasteiger partial charge in [-0.25, -0.2) is 0 Å². The number of rotatable bonds is 7. The van der Waals surface area contributed by atoms with Crippen molar-refractivity contribution in [2.75, 3.05) is 10.8 Å². The molecule has 0 saturated carbocycles. The molecule has 0 bridgehead atoms. The molecule has 2 aromatic carbocycles. The van der Waals surface area contributed by atoms with Gasteiger partial charge in [0, 0.05) is 24.0 Å². The van der Waals surface area contributed by atoms with Gasteiger partial charge in [0.05, 0.1) is 11.1 Å². The van der Waals surface area contributed by atoms with E-state index < -0.39 is 5.41 Å². The minimum Gasteiger partial charge on any atom is -0.280 e. The van der Waals surface area contributed by atoms with Crippen molar-refractivity contribution in [2.24, 2.45) is 0 Å². The van der Waals surface area contributed by atoms with Crippen molar-refractivity contribution in [3.8, 4) is 0 Å². The molecule has 1 atom stereocenters. The molecule has 0 spiro atoms. The second-order valence-electron chi connectivity index (χ2n) is 7.25. The van der Waals surface area contributed by atoms with Gasteiger partial charge < -0.3 is 0 Å². The molecule has 0 saturated heterocycles. The zero-order valence-electron chi connectivity index (χ0n) is 15.7. The van der Waals surface area contributed by atoms with Gasteiger partial charge in [0.2, 0.25) is 5.91 Å². The fourth-order valence-corrected chi connectivity index (χ4v) is 4.41. The minimum atomic E-state index is -0.583. The van der Waals surface area contributed by atoms with Crippen LogP contribution in [-0.2, 0) is 16.6 Å². The first-order valence-corrected chi connectivity index (χ1v) is 10.2. The molecule has 0 radical (unpaired) electrons. The van der Waals surface area contributed by atoms with Gasteiger partial charge in [-0.15, -0.1) is 11.6 Å². The highest BCUT2D eigenvalue weighted by molar-refractivity contribution is 6.17. The van der Waals surface area contributed by atoms with E-state index in [4.69, 9.17) is 11.6 Å². The lowest BCUT2D eigenvalue weighted by Gasteiger charge is -2.29. The van der Waals surface area contributed by atoms with E-state index in [1.54, 1.807) is 12.4 Å². The van der Waals surface area contributed by atoms with Gasteiger partial charge in [-0.1, -0.05) is 42.8 Å². The van der Waals surface area contributed by atoms with E-state index in [2.05, 4.69) is 17.1 Å². The van der Waals surface area contributed by atoms with Crippen LogP contribution >= 0.6 is 11.6 Å². The van der Waals surface area contributed by atoms with Crippen LogP contribution in [0.1, 0.15) is 30.4 Å². The number of unbranched alkanes of at least 4 members (excludes halogenated alkanes) is 1. The zero-order valence-corrected chi connectivity index (χ0v) is 16.5. The van der Waals surface area contributed by atoms with Crippen molar-refractivity contribution in [1.82, 2.24) is 4.98 Å². The number of alkyl halides is 1. The first-order valence-electron chi connectivity index (χ1n) is 9.70. The molecule has 2 heterocycles. The van der Waals surface area contributed by atoms with Crippen LogP contribution in [0.3, 0.4) is 0 Å². The zero-order chi connectivity index (χ0) is 19.4. The number of pyridine rings is 1. The Hall–Kier alpha value is -2.65. The van der Waals surface area contributed by atoms with E-state index in [1.165, 1.54) is 0 Å². The molecule has 0 aliphatic carbocycles. The van der Waals surface area contributed by atoms with Crippen molar-refractivity contribution in [1.29, 1.82) is 0 Å². The molecule has 0 N–H and O–H groups in total. The SMILES string of the molecule is O=C1N(c2ccccc2)c2ccccc2C1(CCCCCl)Cc1ccncc1. The summed E-state index contributed by atoms with van der Waals surface area (Å²) in [5, 5.41) is 0. The maximum Gasteiger partial charge on any atom is 0.242 e. The Labute approximate surface area is 171 Å². The van der Waals surface area contributed by atoms with Crippen LogP contribution in [0.5, 0.6) is 0 Å². The second kappa shape index (κ2) is 8.15. The smallest absolute Gasteiger partial charge is 0.242 e. The molecule has 0 fully saturated rings. The number of aromatic nitrogens is 1. The quantitative estimate of drug-likeness (QED) is 0.386. The number of benzene rings is 2. The number of hydrogen-bond acceptors (Lipinski definition) is 2. The third-order valence-electron chi connectivity index (χ3n) is 5.53. The molecule has 1 aliphatic rings. The van der Waals surface area contributed by atoms with Crippen LogP contribution < -0.4 is 4.90 Å². The molecular formula is C24H23ClN2O. The lowest BCUT2D eigenvalue weighted by atomic mass is 9.73. The van der Waals surface area contributed by atoms with Crippen molar-refractivity contribution < 1.29 is 4.79 Å². The molecule has 1 aliphatic heterocycles. The standard InChI is InChI=1S/C24H23ClN2O/c25-15-7-6-14-24(18-19-12-16-26-17-13-19)21-10-4-5-11-22(21)27(23(24)28)20-8-2-1-3-9-20/h1-5,8-13,16-17H,6-7,14-15,18H2. The van der Waals surface area contributed by atoms with Crippen LogP contribution in [0.15, 0.2) is 79.1 Å². The monoisotopic (exact) mass is 390 g/mol. The molecule has 28 heavy (non-hydrogen) atoms. The molecule has 3 nitrogen and oxygen atoms in total. The molecular weight excluding hydrogens is 368 g/mol. The normalized spacial score (nSPS) is 18.3. The molecule has 142 valence electrons. The Balaban J connectivity index is 1.83. The van der Waals surface area contributed by atoms with Crippen LogP contribution in [0.25, 0.3) is 0 Å². The third kappa shape index (κ3) is 3.31. The summed E-state index contributed by atoms with van der Waals surface area (Å²) in [6.45, 7) is 0. The first-order chi connectivity index (χ1) is 13.8. The molecule has 1 aromatic heterocycles. The topological polar surface area (TPSA) is 33.2 Å². The van der Waals surface area contributed by atoms with Gasteiger partial charge in [0.15, 0.2) is 0 Å². The van der Waals surface area contributed by atoms with E-state index in [-0.39, 0.29) is 5.91 Å². The summed E-state index contributed by atoms with van der Waals surface area (Å²) in [7, 11) is 0. The van der Waals surface area contributed by atoms with Gasteiger partial charge in [-0.2, -0.15) is 0 Å². The van der Waals surface area contributed by atoms with Crippen molar-refractivity contribution in [3.05, 3.63) is 90.3 Å². The number of fused-ring (bicyclic) bond motifs is 1. The average Bonchev–Trinajstić information content (AvgIpc) is 2.98. The molecule has 1 unspecified atom stereocenters. The van der Waals surface area contributed by atoms with E-state index >= 15 is 0 Å². The van der Waals surface area contributed by atoms with E-state index in [0.717, 1.165) is 41.8 Å². The van der Waals surface area contributed by atoms with Crippen LogP contribution in [0.2, 0.25) is 0 Å². The number of carbonyl (C=O) groups is 1. The summed E-state index contributed by atoms with van der Waals surface area (Å²) < 4.78 is 0. The Morgan fingerprint density at radius 2 is 1.61 bits per heavy atom. The summed E-state index contributed by atoms with van der Waals surface area (Å²) >= 11 is 5.95. The maximum atomic E-state index is 14.0. The fourth-order valence-electron chi connectivity index (χ4n) is 4.22. The summed E-state index contributed by atoms with van der Waals surface area (Å²) in [6.07, 6.45) is 6.85. The highest BCUT2D eigenvalue weighted by Gasteiger charge is 2.50. The van der Waals surface area contributed by atoms with Crippen LogP contribution in [0, 0.1) is 0 Å². The van der Waals surface area contributed by atoms with Gasteiger partial charge in [-0.05, 0) is 60.7 Å². The highest BCUT2D eigenvalue weighted by Crippen LogP contribution is 2.49. The number of para-hydroxylation sites is 2. The van der Waals surface area contributed by atoms with Gasteiger partial charge in [0.1, 0.15) is 0 Å². The van der Waals surface area contributed by atoms with Gasteiger partial charge in [-0.3, -0.25) is 14.7 Å². The van der Waals surface area contributed by atoms with Crippen LogP contribution in [0.4, 0.5) is 11.4 Å². The largest absolute Gasteiger partial charge is 0.280 e. The summed E-state index contributed by atoms with van der Waals surface area (Å²) in [4.78, 5) is 20.0. The minimum absolute atomic E-state index is 0.145. The summed E-state index contributed by atoms with van der Waals surface area (Å²) in [6, 6.07) is 22.1. The Morgan fingerprint density at radius 3 is 2.36 bits per heavy atom. The lowest BCUT2D eigenvalue weighted by molar-refractivity contribution is -0.122. The van der Waals surface area contributed by atoms with Crippen molar-refractivity contribution in [3.63, 3.8) is 0 Å². The Kier molecular flexibility index (Phi) is 5.45. The highest BCUT2D eigenvalue weighted by atomic mass is 35.5. The molecule has 3 aromatic rings. The number of carbonyl (C=O) groups excluding carboxylic acids is 1. The average molecular weight is 391 g/mol. The predicted molar refractivity (Wildman–Crippen MR) is 114 cm³/mol. The molecule has 4 heteroatoms. The predicted octanol–water partition coefficient (Wildman–Crippen LogP) is 5.65. The van der Waals surface area contributed by atoms with Crippen molar-refractivity contribution >= 4 is 28.9 Å². The van der Waals surface area contributed by atoms with Gasteiger partial charge >= 0.3 is 0 Å². The number of halogens is 1. The second-order valence-corrected chi connectivity index (χ2v) is 7.63. The summed E-state index contributed by atoms with van der Waals surface area (Å²) in [5.41, 5.74) is 3.54. The van der Waals surface area contributed by atoms with Crippen molar-refractivity contribution in [2.45, 2.75) is 31.1 Å². The Bertz CT molecular complexity index is 945. The number of amides is 1. The summed E-state index contributed by atoms with van der Waals surface area (Å²) in [5.74, 6) is 0.759. The van der Waals surface area contributed by atoms with Gasteiger partial charge in [0.25, 0.3) is 0 Å². The maximum absolute atomic E-state index is 14.0. The molecule has 4 rings (SSSR count). The number of anilines is 2. The van der Waals surface area contributed by atoms with E-state index in [9.17, 15) is 4.79 Å². The molecule has 1 amide bonds. The third-order valence-corrected chi connectivity index (χ3v) is 5.80. The fraction of sp³-hybridized carbons (Fsp3) is 0.250. The Morgan fingerprint density at radius 1 is 0.893 bits per heavy atom. The lowest BCUT2D eigenvalue weighted by Crippen LogP contribution is -2.40. The van der Waals surface area contributed by atoms with E-state index in [0.29, 0.717) is 12.3 Å².